The molecule has 0 spiro atoms. The maximum Gasteiger partial charge on any atom is 0.240 e. The van der Waals surface area contributed by atoms with Crippen molar-refractivity contribution >= 4 is 53.5 Å². The second-order valence-electron chi connectivity index (χ2n) is 4.19. The Balaban J connectivity index is 2.83. The Morgan fingerprint density at radius 2 is 2.00 bits per heavy atom. The highest BCUT2D eigenvalue weighted by atomic mass is 79.9. The monoisotopic (exact) mass is 417 g/mol. The first-order valence-corrected chi connectivity index (χ1v) is 8.90. The highest BCUT2D eigenvalue weighted by Crippen LogP contribution is 2.25. The van der Waals surface area contributed by atoms with Crippen LogP contribution in [0.4, 0.5) is 0 Å². The maximum atomic E-state index is 12.0. The molecule has 102 valence electrons. The fourth-order valence-electron chi connectivity index (χ4n) is 1.15. The topological polar surface area (TPSA) is 46.2 Å². The van der Waals surface area contributed by atoms with E-state index in [1.807, 2.05) is 13.8 Å². The molecule has 18 heavy (non-hydrogen) atoms. The molecule has 1 unspecified atom stereocenters. The number of benzene rings is 1. The van der Waals surface area contributed by atoms with Gasteiger partial charge in [0.05, 0.1) is 9.92 Å². The van der Waals surface area contributed by atoms with Gasteiger partial charge in [-0.2, -0.15) is 0 Å². The normalized spacial score (nSPS) is 13.9. The quantitative estimate of drug-likeness (QED) is 0.738. The molecule has 0 aliphatic heterocycles. The van der Waals surface area contributed by atoms with Gasteiger partial charge in [-0.25, -0.2) is 13.1 Å². The van der Waals surface area contributed by atoms with E-state index in [9.17, 15) is 8.42 Å². The fourth-order valence-corrected chi connectivity index (χ4v) is 3.26. The van der Waals surface area contributed by atoms with Crippen LogP contribution in [0.5, 0.6) is 0 Å². The van der Waals surface area contributed by atoms with Crippen molar-refractivity contribution in [1.82, 2.24) is 4.72 Å². The van der Waals surface area contributed by atoms with E-state index in [2.05, 4.69) is 36.6 Å². The van der Waals surface area contributed by atoms with Gasteiger partial charge in [0.1, 0.15) is 0 Å². The second-order valence-corrected chi connectivity index (χ2v) is 8.39. The number of hydrogen-bond acceptors (Lipinski definition) is 2. The molecule has 1 aromatic rings. The van der Waals surface area contributed by atoms with Gasteiger partial charge in [-0.3, -0.25) is 0 Å². The standard InChI is InChI=1S/C11H14Br2ClNO2S/c1-7(2)10(13)6-15-18(16,17)8-3-4-11(14)9(12)5-8/h3-5,7,10,15H,6H2,1-2H3. The van der Waals surface area contributed by atoms with Gasteiger partial charge in [-0.1, -0.05) is 41.4 Å². The predicted molar refractivity (Wildman–Crippen MR) is 81.9 cm³/mol. The maximum absolute atomic E-state index is 12.0. The van der Waals surface area contributed by atoms with E-state index in [0.717, 1.165) is 0 Å². The summed E-state index contributed by atoms with van der Waals surface area (Å²) < 4.78 is 27.2. The van der Waals surface area contributed by atoms with Crippen LogP contribution in [0.15, 0.2) is 27.6 Å². The molecule has 1 N–H and O–H groups in total. The summed E-state index contributed by atoms with van der Waals surface area (Å²) in [6.45, 7) is 4.39. The molecule has 0 saturated carbocycles. The molecular formula is C11H14Br2ClNO2S. The molecule has 0 saturated heterocycles. The number of alkyl halides is 1. The third-order valence-electron chi connectivity index (χ3n) is 2.39. The largest absolute Gasteiger partial charge is 0.240 e. The molecule has 0 aliphatic rings. The average molecular weight is 420 g/mol. The Morgan fingerprint density at radius 3 is 2.50 bits per heavy atom. The van der Waals surface area contributed by atoms with E-state index in [1.165, 1.54) is 12.1 Å². The van der Waals surface area contributed by atoms with Crippen molar-refractivity contribution in [1.29, 1.82) is 0 Å². The lowest BCUT2D eigenvalue weighted by Crippen LogP contribution is -2.31. The van der Waals surface area contributed by atoms with Gasteiger partial charge >= 0.3 is 0 Å². The van der Waals surface area contributed by atoms with Gasteiger partial charge in [-0.05, 0) is 40.0 Å². The van der Waals surface area contributed by atoms with Crippen molar-refractivity contribution in [2.75, 3.05) is 6.54 Å². The molecule has 7 heteroatoms. The van der Waals surface area contributed by atoms with Crippen molar-refractivity contribution in [2.24, 2.45) is 5.92 Å². The Morgan fingerprint density at radius 1 is 1.39 bits per heavy atom. The summed E-state index contributed by atoms with van der Waals surface area (Å²) in [6, 6.07) is 4.52. The van der Waals surface area contributed by atoms with Crippen LogP contribution in [-0.2, 0) is 10.0 Å². The molecule has 0 bridgehead atoms. The summed E-state index contributed by atoms with van der Waals surface area (Å²) in [5.41, 5.74) is 0. The van der Waals surface area contributed by atoms with Crippen LogP contribution >= 0.6 is 43.5 Å². The number of hydrogen-bond donors (Lipinski definition) is 1. The third kappa shape index (κ3) is 4.49. The Labute approximate surface area is 130 Å². The van der Waals surface area contributed by atoms with Crippen molar-refractivity contribution in [2.45, 2.75) is 23.6 Å². The van der Waals surface area contributed by atoms with Crippen molar-refractivity contribution in [3.63, 3.8) is 0 Å². The SMILES string of the molecule is CC(C)C(Br)CNS(=O)(=O)c1ccc(Cl)c(Br)c1. The van der Waals surface area contributed by atoms with Crippen LogP contribution in [0.1, 0.15) is 13.8 Å². The van der Waals surface area contributed by atoms with Gasteiger partial charge in [-0.15, -0.1) is 0 Å². The minimum Gasteiger partial charge on any atom is -0.210 e. The fraction of sp³-hybridized carbons (Fsp3) is 0.455. The van der Waals surface area contributed by atoms with Crippen molar-refractivity contribution in [3.05, 3.63) is 27.7 Å². The van der Waals surface area contributed by atoms with Crippen LogP contribution in [-0.4, -0.2) is 19.8 Å². The summed E-state index contributed by atoms with van der Waals surface area (Å²) in [5.74, 6) is 0.352. The number of halogens is 3. The van der Waals surface area contributed by atoms with Gasteiger partial charge in [0.2, 0.25) is 10.0 Å². The molecule has 1 atom stereocenters. The molecule has 0 heterocycles. The molecule has 3 nitrogen and oxygen atoms in total. The minimum atomic E-state index is -3.50. The van der Waals surface area contributed by atoms with Crippen LogP contribution in [0.3, 0.4) is 0 Å². The smallest absolute Gasteiger partial charge is 0.210 e. The first kappa shape index (κ1) is 16.4. The zero-order chi connectivity index (χ0) is 13.9. The van der Waals surface area contributed by atoms with Crippen molar-refractivity contribution in [3.8, 4) is 0 Å². The lowest BCUT2D eigenvalue weighted by molar-refractivity contribution is 0.563. The molecule has 0 aliphatic carbocycles. The van der Waals surface area contributed by atoms with E-state index >= 15 is 0 Å². The molecule has 0 amide bonds. The van der Waals surface area contributed by atoms with E-state index < -0.39 is 10.0 Å². The lowest BCUT2D eigenvalue weighted by Gasteiger charge is -2.14. The summed E-state index contributed by atoms with van der Waals surface area (Å²) in [6.07, 6.45) is 0. The van der Waals surface area contributed by atoms with Gasteiger partial charge in [0, 0.05) is 15.8 Å². The van der Waals surface area contributed by atoms with Crippen LogP contribution < -0.4 is 4.72 Å². The van der Waals surface area contributed by atoms with E-state index in [-0.39, 0.29) is 9.72 Å². The van der Waals surface area contributed by atoms with Crippen LogP contribution in [0.25, 0.3) is 0 Å². The van der Waals surface area contributed by atoms with Gasteiger partial charge < -0.3 is 0 Å². The molecule has 1 rings (SSSR count). The van der Waals surface area contributed by atoms with E-state index in [4.69, 9.17) is 11.6 Å². The number of rotatable bonds is 5. The second kappa shape index (κ2) is 6.70. The molecular weight excluding hydrogens is 405 g/mol. The lowest BCUT2D eigenvalue weighted by atomic mass is 10.1. The molecule has 1 aromatic carbocycles. The van der Waals surface area contributed by atoms with E-state index in [1.54, 1.807) is 6.07 Å². The number of nitrogens with one attached hydrogen (secondary N) is 1. The summed E-state index contributed by atoms with van der Waals surface area (Å²) >= 11 is 12.5. The molecule has 0 aromatic heterocycles. The summed E-state index contributed by atoms with van der Waals surface area (Å²) in [4.78, 5) is 0.297. The van der Waals surface area contributed by atoms with Gasteiger partial charge in [0.15, 0.2) is 0 Å². The molecule has 0 fully saturated rings. The summed E-state index contributed by atoms with van der Waals surface area (Å²) in [7, 11) is -3.50. The van der Waals surface area contributed by atoms with E-state index in [0.29, 0.717) is 22.0 Å². The summed E-state index contributed by atoms with van der Waals surface area (Å²) in [5, 5.41) is 0.481. The highest BCUT2D eigenvalue weighted by molar-refractivity contribution is 9.10. The first-order valence-electron chi connectivity index (χ1n) is 5.33. The van der Waals surface area contributed by atoms with Crippen LogP contribution in [0.2, 0.25) is 5.02 Å². The highest BCUT2D eigenvalue weighted by Gasteiger charge is 2.18. The Bertz CT molecular complexity index is 520. The van der Waals surface area contributed by atoms with Gasteiger partial charge in [0.25, 0.3) is 0 Å². The predicted octanol–water partition coefficient (Wildman–Crippen LogP) is 3.80. The Kier molecular flexibility index (Phi) is 6.12. The third-order valence-corrected chi connectivity index (χ3v) is 6.41. The minimum absolute atomic E-state index is 0.100. The zero-order valence-electron chi connectivity index (χ0n) is 9.95. The van der Waals surface area contributed by atoms with Crippen molar-refractivity contribution < 1.29 is 8.42 Å². The zero-order valence-corrected chi connectivity index (χ0v) is 14.7. The number of sulfonamides is 1. The molecule has 0 radical (unpaired) electrons. The average Bonchev–Trinajstić information content (AvgIpc) is 2.29. The Hall–Kier alpha value is 0.380. The van der Waals surface area contributed by atoms with Crippen LogP contribution in [0, 0.1) is 5.92 Å². The first-order chi connectivity index (χ1) is 8.24.